The van der Waals surface area contributed by atoms with E-state index in [9.17, 15) is 9.90 Å². The highest BCUT2D eigenvalue weighted by Crippen LogP contribution is 2.14. The van der Waals surface area contributed by atoms with Gasteiger partial charge in [-0.3, -0.25) is 4.79 Å². The lowest BCUT2D eigenvalue weighted by molar-refractivity contribution is -0.124. The van der Waals surface area contributed by atoms with Gasteiger partial charge in [0.15, 0.2) is 0 Å². The summed E-state index contributed by atoms with van der Waals surface area (Å²) >= 11 is 0. The number of aliphatic hydroxyl groups excluding tert-OH is 1. The number of H-pyrrole nitrogens is 1. The van der Waals surface area contributed by atoms with Crippen LogP contribution in [0.1, 0.15) is 12.6 Å². The van der Waals surface area contributed by atoms with E-state index in [1.807, 2.05) is 30.3 Å². The molecule has 1 heterocycles. The van der Waals surface area contributed by atoms with Crippen molar-refractivity contribution in [1.82, 2.24) is 10.3 Å². The van der Waals surface area contributed by atoms with Crippen LogP contribution in [-0.2, 0) is 11.3 Å². The number of carbonyl (C=O) groups is 1. The lowest BCUT2D eigenvalue weighted by Crippen LogP contribution is -2.46. The summed E-state index contributed by atoms with van der Waals surface area (Å²) in [7, 11) is 0. The van der Waals surface area contributed by atoms with Gasteiger partial charge in [-0.15, -0.1) is 0 Å². The van der Waals surface area contributed by atoms with E-state index in [0.29, 0.717) is 6.54 Å². The monoisotopic (exact) mass is 247 g/mol. The number of para-hydroxylation sites is 1. The summed E-state index contributed by atoms with van der Waals surface area (Å²) < 4.78 is 0. The zero-order valence-electron chi connectivity index (χ0n) is 10.2. The number of hydrogen-bond donors (Lipinski definition) is 4. The number of rotatable bonds is 4. The number of nitrogens with two attached hydrogens (primary N) is 1. The quantitative estimate of drug-likeness (QED) is 0.633. The summed E-state index contributed by atoms with van der Waals surface area (Å²) in [5.41, 5.74) is 7.46. The molecule has 0 bridgehead atoms. The molecular weight excluding hydrogens is 230 g/mol. The fourth-order valence-corrected chi connectivity index (χ4v) is 1.75. The van der Waals surface area contributed by atoms with Crippen LogP contribution in [0.25, 0.3) is 10.9 Å². The summed E-state index contributed by atoms with van der Waals surface area (Å²) in [6.45, 7) is 1.86. The topological polar surface area (TPSA) is 91.1 Å². The van der Waals surface area contributed by atoms with E-state index in [1.54, 1.807) is 0 Å². The normalized spacial score (nSPS) is 14.4. The molecular formula is C13H17N3O2. The molecule has 96 valence electrons. The van der Waals surface area contributed by atoms with Crippen LogP contribution in [0.4, 0.5) is 0 Å². The summed E-state index contributed by atoms with van der Waals surface area (Å²) in [5, 5.41) is 13.0. The number of aromatic nitrogens is 1. The first-order valence-corrected chi connectivity index (χ1v) is 5.86. The smallest absolute Gasteiger partial charge is 0.239 e. The number of aromatic amines is 1. The van der Waals surface area contributed by atoms with Crippen molar-refractivity contribution >= 4 is 16.8 Å². The van der Waals surface area contributed by atoms with Crippen molar-refractivity contribution < 1.29 is 9.90 Å². The molecule has 0 aliphatic rings. The van der Waals surface area contributed by atoms with Gasteiger partial charge < -0.3 is 21.1 Å². The highest BCUT2D eigenvalue weighted by molar-refractivity contribution is 5.83. The third-order valence-corrected chi connectivity index (χ3v) is 2.86. The number of nitrogens with one attached hydrogen (secondary N) is 2. The van der Waals surface area contributed by atoms with Crippen LogP contribution in [-0.4, -0.2) is 28.1 Å². The first kappa shape index (κ1) is 12.6. The number of aliphatic hydroxyl groups is 1. The van der Waals surface area contributed by atoms with Gasteiger partial charge in [0.05, 0.1) is 12.6 Å². The predicted octanol–water partition coefficient (Wildman–Crippen LogP) is 0.492. The van der Waals surface area contributed by atoms with Crippen LogP contribution < -0.4 is 11.1 Å². The second-order valence-electron chi connectivity index (χ2n) is 4.37. The molecule has 0 radical (unpaired) electrons. The van der Waals surface area contributed by atoms with Gasteiger partial charge in [-0.05, 0) is 24.4 Å². The van der Waals surface area contributed by atoms with Gasteiger partial charge in [0, 0.05) is 11.2 Å². The summed E-state index contributed by atoms with van der Waals surface area (Å²) in [6.07, 6.45) is -0.854. The van der Waals surface area contributed by atoms with E-state index in [-0.39, 0.29) is 5.91 Å². The largest absolute Gasteiger partial charge is 0.391 e. The first-order chi connectivity index (χ1) is 8.58. The molecule has 0 aliphatic carbocycles. The van der Waals surface area contributed by atoms with Crippen LogP contribution in [0.5, 0.6) is 0 Å². The molecule has 5 N–H and O–H groups in total. The maximum Gasteiger partial charge on any atom is 0.239 e. The van der Waals surface area contributed by atoms with Crippen LogP contribution in [0, 0.1) is 0 Å². The minimum absolute atomic E-state index is 0.358. The third-order valence-electron chi connectivity index (χ3n) is 2.86. The van der Waals surface area contributed by atoms with Crippen molar-refractivity contribution in [2.75, 3.05) is 0 Å². The standard InChI is InChI=1S/C13H17N3O2/c1-8(17)12(14)13(18)15-7-10-6-9-4-2-3-5-11(9)16-10/h2-6,8,12,16-17H,7,14H2,1H3,(H,15,18)/t8-,12+/m0/s1. The Bertz CT molecular complexity index is 515. The van der Waals surface area contributed by atoms with E-state index in [1.165, 1.54) is 6.92 Å². The molecule has 2 rings (SSSR count). The van der Waals surface area contributed by atoms with Crippen LogP contribution in [0.2, 0.25) is 0 Å². The van der Waals surface area contributed by atoms with E-state index < -0.39 is 12.1 Å². The molecule has 1 amide bonds. The second kappa shape index (κ2) is 5.20. The Labute approximate surface area is 105 Å². The van der Waals surface area contributed by atoms with E-state index in [0.717, 1.165) is 16.6 Å². The van der Waals surface area contributed by atoms with Gasteiger partial charge in [-0.25, -0.2) is 0 Å². The van der Waals surface area contributed by atoms with E-state index in [2.05, 4.69) is 10.3 Å². The molecule has 0 fully saturated rings. The van der Waals surface area contributed by atoms with Crippen LogP contribution >= 0.6 is 0 Å². The molecule has 0 spiro atoms. The molecule has 2 atom stereocenters. The van der Waals surface area contributed by atoms with Crippen molar-refractivity contribution in [3.05, 3.63) is 36.0 Å². The maximum absolute atomic E-state index is 11.6. The molecule has 5 nitrogen and oxygen atoms in total. The summed E-state index contributed by atoms with van der Waals surface area (Å²) in [4.78, 5) is 14.8. The molecule has 1 aromatic heterocycles. The zero-order valence-corrected chi connectivity index (χ0v) is 10.2. The fourth-order valence-electron chi connectivity index (χ4n) is 1.75. The van der Waals surface area contributed by atoms with Gasteiger partial charge in [0.1, 0.15) is 6.04 Å². The predicted molar refractivity (Wildman–Crippen MR) is 69.8 cm³/mol. The number of carbonyl (C=O) groups excluding carboxylic acids is 1. The molecule has 0 unspecified atom stereocenters. The van der Waals surface area contributed by atoms with E-state index in [4.69, 9.17) is 5.73 Å². The average molecular weight is 247 g/mol. The molecule has 0 aliphatic heterocycles. The Hall–Kier alpha value is -1.85. The zero-order chi connectivity index (χ0) is 13.1. The Kier molecular flexibility index (Phi) is 3.64. The molecule has 0 saturated heterocycles. The molecule has 18 heavy (non-hydrogen) atoms. The third kappa shape index (κ3) is 2.69. The van der Waals surface area contributed by atoms with Crippen molar-refractivity contribution in [3.8, 4) is 0 Å². The highest BCUT2D eigenvalue weighted by Gasteiger charge is 2.18. The van der Waals surface area contributed by atoms with Gasteiger partial charge in [-0.1, -0.05) is 18.2 Å². The highest BCUT2D eigenvalue weighted by atomic mass is 16.3. The van der Waals surface area contributed by atoms with Gasteiger partial charge in [0.2, 0.25) is 5.91 Å². The summed E-state index contributed by atoms with van der Waals surface area (Å²) in [6, 6.07) is 8.96. The Balaban J connectivity index is 2.00. The molecule has 5 heteroatoms. The number of hydrogen-bond acceptors (Lipinski definition) is 3. The number of fused-ring (bicyclic) bond motifs is 1. The number of amides is 1. The Morgan fingerprint density at radius 3 is 2.89 bits per heavy atom. The van der Waals surface area contributed by atoms with Crippen molar-refractivity contribution in [2.24, 2.45) is 5.73 Å². The fraction of sp³-hybridized carbons (Fsp3) is 0.308. The van der Waals surface area contributed by atoms with Gasteiger partial charge in [0.25, 0.3) is 0 Å². The summed E-state index contributed by atoms with van der Waals surface area (Å²) in [5.74, 6) is -0.358. The maximum atomic E-state index is 11.6. The second-order valence-corrected chi connectivity index (χ2v) is 4.37. The molecule has 2 aromatic rings. The lowest BCUT2D eigenvalue weighted by Gasteiger charge is -2.13. The average Bonchev–Trinajstić information content (AvgIpc) is 2.77. The Morgan fingerprint density at radius 2 is 2.22 bits per heavy atom. The molecule has 0 saturated carbocycles. The minimum Gasteiger partial charge on any atom is -0.391 e. The number of benzene rings is 1. The minimum atomic E-state index is -0.894. The first-order valence-electron chi connectivity index (χ1n) is 5.86. The van der Waals surface area contributed by atoms with Crippen LogP contribution in [0.15, 0.2) is 30.3 Å². The lowest BCUT2D eigenvalue weighted by atomic mass is 10.2. The Morgan fingerprint density at radius 1 is 1.50 bits per heavy atom. The SMILES string of the molecule is C[C@H](O)[C@@H](N)C(=O)NCc1cc2ccccc2[nH]1. The van der Waals surface area contributed by atoms with Crippen LogP contribution in [0.3, 0.4) is 0 Å². The van der Waals surface area contributed by atoms with E-state index >= 15 is 0 Å². The van der Waals surface area contributed by atoms with Crippen molar-refractivity contribution in [1.29, 1.82) is 0 Å². The van der Waals surface area contributed by atoms with Crippen molar-refractivity contribution in [2.45, 2.75) is 25.6 Å². The van der Waals surface area contributed by atoms with Gasteiger partial charge in [-0.2, -0.15) is 0 Å². The molecule has 1 aromatic carbocycles. The van der Waals surface area contributed by atoms with Crippen molar-refractivity contribution in [3.63, 3.8) is 0 Å². The van der Waals surface area contributed by atoms with Gasteiger partial charge >= 0.3 is 0 Å².